The third-order valence-electron chi connectivity index (χ3n) is 4.89. The second kappa shape index (κ2) is 12.2. The molecule has 0 spiro atoms. The lowest BCUT2D eigenvalue weighted by Crippen LogP contribution is -2.41. The highest BCUT2D eigenvalue weighted by atomic mass is 16.6. The second-order valence-corrected chi connectivity index (χ2v) is 9.60. The number of aromatic nitrogens is 2. The summed E-state index contributed by atoms with van der Waals surface area (Å²) in [6.45, 7) is 11.3. The van der Waals surface area contributed by atoms with E-state index in [0.717, 1.165) is 0 Å². The van der Waals surface area contributed by atoms with Gasteiger partial charge in [-0.15, -0.1) is 0 Å². The molecule has 1 heterocycles. The van der Waals surface area contributed by atoms with Crippen molar-refractivity contribution in [1.82, 2.24) is 20.2 Å². The smallest absolute Gasteiger partial charge is 0.408 e. The number of alkyl carbamates (subject to hydrolysis) is 1. The molecule has 0 bridgehead atoms. The third-order valence-corrected chi connectivity index (χ3v) is 4.89. The number of ether oxygens (including phenoxy) is 1. The Balaban J connectivity index is 3.09. The Morgan fingerprint density at radius 1 is 1.21 bits per heavy atom. The third kappa shape index (κ3) is 9.28. The lowest BCUT2D eigenvalue weighted by atomic mass is 10.0. The first kappa shape index (κ1) is 28.7. The molecule has 34 heavy (non-hydrogen) atoms. The molecule has 2 atom stereocenters. The number of amides is 2. The summed E-state index contributed by atoms with van der Waals surface area (Å²) in [5.41, 5.74) is 10.5. The number of nitrogens with one attached hydrogen (secondary N) is 2. The predicted molar refractivity (Wildman–Crippen MR) is 128 cm³/mol. The fourth-order valence-corrected chi connectivity index (χ4v) is 3.27. The molecule has 12 nitrogen and oxygen atoms in total. The van der Waals surface area contributed by atoms with E-state index >= 15 is 0 Å². The zero-order valence-electron chi connectivity index (χ0n) is 21.1. The topological polar surface area (TPSA) is 187 Å². The summed E-state index contributed by atoms with van der Waals surface area (Å²) in [6.07, 6.45) is 0.495. The van der Waals surface area contributed by atoms with Gasteiger partial charge in [-0.3, -0.25) is 9.79 Å². The zero-order valence-corrected chi connectivity index (χ0v) is 21.1. The number of carbonyl (C=O) groups excluding carboxylic acids is 2. The number of carboxylic acid groups (broad SMARTS) is 1. The molecular formula is C22H39N7O5. The van der Waals surface area contributed by atoms with Crippen LogP contribution in [-0.4, -0.2) is 56.8 Å². The van der Waals surface area contributed by atoms with Gasteiger partial charge in [0.15, 0.2) is 5.96 Å². The van der Waals surface area contributed by atoms with Crippen molar-refractivity contribution in [3.63, 3.8) is 0 Å². The van der Waals surface area contributed by atoms with Crippen molar-refractivity contribution in [3.8, 4) is 0 Å². The molecule has 0 saturated heterocycles. The first-order chi connectivity index (χ1) is 15.6. The predicted octanol–water partition coefficient (Wildman–Crippen LogP) is 1.58. The van der Waals surface area contributed by atoms with Gasteiger partial charge in [0.25, 0.3) is 5.91 Å². The normalized spacial score (nSPS) is 13.2. The maximum Gasteiger partial charge on any atom is 0.408 e. The molecule has 0 fully saturated rings. The number of aliphatic imine (C=N–C) groups is 1. The summed E-state index contributed by atoms with van der Waals surface area (Å²) < 4.78 is 7.10. The standard InChI is InChI=1S/C22H39N7O5/c1-12(2)11-15(27-21(33)34-22(4,5)6)17-28-16(13(3)29(17)7)18(30)26-14(19(31)32)9-8-10-25-20(23)24/h12,14-15H,8-11H2,1-7H3,(H,26,30)(H,27,33)(H,31,32)(H4,23,24,25)/t14-,15-/m0/s1. The Morgan fingerprint density at radius 2 is 1.82 bits per heavy atom. The summed E-state index contributed by atoms with van der Waals surface area (Å²) in [5, 5.41) is 14.9. The van der Waals surface area contributed by atoms with E-state index in [0.29, 0.717) is 24.4 Å². The molecule has 192 valence electrons. The van der Waals surface area contributed by atoms with Crippen molar-refractivity contribution < 1.29 is 24.2 Å². The number of nitrogens with zero attached hydrogens (tertiary/aromatic N) is 3. The fourth-order valence-electron chi connectivity index (χ4n) is 3.27. The van der Waals surface area contributed by atoms with Crippen LogP contribution in [0.1, 0.15) is 81.9 Å². The number of imidazole rings is 1. The van der Waals surface area contributed by atoms with Crippen LogP contribution in [0, 0.1) is 12.8 Å². The average Bonchev–Trinajstić information content (AvgIpc) is 2.96. The molecule has 1 aromatic rings. The molecule has 1 aromatic heterocycles. The number of rotatable bonds is 11. The Morgan fingerprint density at radius 3 is 2.32 bits per heavy atom. The molecule has 0 radical (unpaired) electrons. The second-order valence-electron chi connectivity index (χ2n) is 9.60. The molecule has 12 heteroatoms. The van der Waals surface area contributed by atoms with E-state index in [1.54, 1.807) is 39.3 Å². The van der Waals surface area contributed by atoms with Crippen LogP contribution in [0.5, 0.6) is 0 Å². The van der Waals surface area contributed by atoms with Gasteiger partial charge in [0.1, 0.15) is 23.2 Å². The van der Waals surface area contributed by atoms with E-state index in [1.165, 1.54) is 0 Å². The monoisotopic (exact) mass is 481 g/mol. The molecule has 7 N–H and O–H groups in total. The van der Waals surface area contributed by atoms with Crippen LogP contribution in [0.2, 0.25) is 0 Å². The quantitative estimate of drug-likeness (QED) is 0.179. The Bertz CT molecular complexity index is 898. The highest BCUT2D eigenvalue weighted by Crippen LogP contribution is 2.23. The lowest BCUT2D eigenvalue weighted by molar-refractivity contribution is -0.139. The molecule has 0 aliphatic rings. The van der Waals surface area contributed by atoms with Crippen LogP contribution >= 0.6 is 0 Å². The van der Waals surface area contributed by atoms with Gasteiger partial charge in [0, 0.05) is 19.3 Å². The molecule has 0 saturated carbocycles. The molecule has 1 rings (SSSR count). The van der Waals surface area contributed by atoms with Crippen molar-refractivity contribution in [2.75, 3.05) is 6.54 Å². The minimum atomic E-state index is -1.17. The largest absolute Gasteiger partial charge is 0.480 e. The van der Waals surface area contributed by atoms with E-state index in [9.17, 15) is 19.5 Å². The summed E-state index contributed by atoms with van der Waals surface area (Å²) >= 11 is 0. The maximum atomic E-state index is 12.9. The van der Waals surface area contributed by atoms with Gasteiger partial charge >= 0.3 is 12.1 Å². The number of nitrogens with two attached hydrogens (primary N) is 2. The highest BCUT2D eigenvalue weighted by Gasteiger charge is 2.29. The van der Waals surface area contributed by atoms with Gasteiger partial charge in [-0.25, -0.2) is 14.6 Å². The lowest BCUT2D eigenvalue weighted by Gasteiger charge is -2.24. The van der Waals surface area contributed by atoms with Crippen molar-refractivity contribution in [3.05, 3.63) is 17.2 Å². The van der Waals surface area contributed by atoms with E-state index < -0.39 is 35.7 Å². The summed E-state index contributed by atoms with van der Waals surface area (Å²) in [7, 11) is 1.74. The minimum absolute atomic E-state index is 0.0801. The Hall–Kier alpha value is -3.31. The van der Waals surface area contributed by atoms with E-state index in [4.69, 9.17) is 16.2 Å². The van der Waals surface area contributed by atoms with Gasteiger partial charge in [-0.2, -0.15) is 0 Å². The molecule has 2 amide bonds. The molecular weight excluding hydrogens is 442 g/mol. The van der Waals surface area contributed by atoms with E-state index in [2.05, 4.69) is 20.6 Å². The van der Waals surface area contributed by atoms with Gasteiger partial charge < -0.3 is 36.5 Å². The summed E-state index contributed by atoms with van der Waals surface area (Å²) in [6, 6.07) is -1.63. The van der Waals surface area contributed by atoms with Gasteiger partial charge in [0.05, 0.1) is 6.04 Å². The van der Waals surface area contributed by atoms with Crippen molar-refractivity contribution in [2.45, 2.75) is 78.5 Å². The van der Waals surface area contributed by atoms with E-state index in [-0.39, 0.29) is 30.5 Å². The number of carbonyl (C=O) groups is 3. The zero-order chi connectivity index (χ0) is 26.2. The first-order valence-electron chi connectivity index (χ1n) is 11.2. The number of hydrogen-bond donors (Lipinski definition) is 5. The van der Waals surface area contributed by atoms with Crippen LogP contribution in [0.3, 0.4) is 0 Å². The number of aliphatic carboxylic acids is 1. The van der Waals surface area contributed by atoms with Crippen LogP contribution in [0.25, 0.3) is 0 Å². The average molecular weight is 482 g/mol. The molecule has 0 aliphatic carbocycles. The summed E-state index contributed by atoms with van der Waals surface area (Å²) in [5.74, 6) is -1.17. The van der Waals surface area contributed by atoms with Crippen LogP contribution < -0.4 is 22.1 Å². The minimum Gasteiger partial charge on any atom is -0.480 e. The number of guanidine groups is 1. The van der Waals surface area contributed by atoms with Crippen molar-refractivity contribution >= 4 is 23.9 Å². The first-order valence-corrected chi connectivity index (χ1v) is 11.2. The number of carboxylic acids is 1. The van der Waals surface area contributed by atoms with Crippen LogP contribution in [-0.2, 0) is 16.6 Å². The highest BCUT2D eigenvalue weighted by molar-refractivity contribution is 5.96. The summed E-state index contributed by atoms with van der Waals surface area (Å²) in [4.78, 5) is 45.2. The molecule has 0 aromatic carbocycles. The van der Waals surface area contributed by atoms with Crippen LogP contribution in [0.15, 0.2) is 4.99 Å². The van der Waals surface area contributed by atoms with Crippen molar-refractivity contribution in [2.24, 2.45) is 29.4 Å². The fraction of sp³-hybridized carbons (Fsp3) is 0.682. The van der Waals surface area contributed by atoms with Crippen LogP contribution in [0.4, 0.5) is 4.79 Å². The van der Waals surface area contributed by atoms with Crippen molar-refractivity contribution in [1.29, 1.82) is 0 Å². The van der Waals surface area contributed by atoms with Gasteiger partial charge in [-0.05, 0) is 52.9 Å². The van der Waals surface area contributed by atoms with E-state index in [1.807, 2.05) is 13.8 Å². The molecule has 0 unspecified atom stereocenters. The Labute approximate surface area is 200 Å². The maximum absolute atomic E-state index is 12.9. The Kier molecular flexibility index (Phi) is 10.3. The SMILES string of the molecule is Cc1c(C(=O)N[C@@H](CCCN=C(N)N)C(=O)O)nc([C@H](CC(C)C)NC(=O)OC(C)(C)C)n1C. The number of hydrogen-bond acceptors (Lipinski definition) is 6. The van der Waals surface area contributed by atoms with Gasteiger partial charge in [-0.1, -0.05) is 13.8 Å². The molecule has 0 aliphatic heterocycles. The van der Waals surface area contributed by atoms with Gasteiger partial charge in [0.2, 0.25) is 0 Å².